The molecule has 0 aliphatic carbocycles. The first-order valence-electron chi connectivity index (χ1n) is 8.32. The Morgan fingerprint density at radius 1 is 1.29 bits per heavy atom. The van der Waals surface area contributed by atoms with Crippen LogP contribution in [-0.4, -0.2) is 57.8 Å². The number of hydrogen-bond acceptors (Lipinski definition) is 4. The second-order valence-electron chi connectivity index (χ2n) is 5.71. The molecule has 0 spiro atoms. The van der Waals surface area contributed by atoms with E-state index < -0.39 is 0 Å². The van der Waals surface area contributed by atoms with Gasteiger partial charge in [0.1, 0.15) is 11.5 Å². The fourth-order valence-corrected chi connectivity index (χ4v) is 2.30. The van der Waals surface area contributed by atoms with Gasteiger partial charge in [0.2, 0.25) is 0 Å². The van der Waals surface area contributed by atoms with Gasteiger partial charge in [-0.1, -0.05) is 0 Å². The number of nitrogens with one attached hydrogen (secondary N) is 2. The standard InChI is InChI=1S/C17H32N4O2.HI/c1-6-18-17(19-8-10-21(4)9-7-11-22-5)20-13-16-12-14(2)23-15(16)3;/h12H,6-11,13H2,1-5H3,(H2,18,19,20);1H. The Morgan fingerprint density at radius 3 is 2.62 bits per heavy atom. The normalized spacial score (nSPS) is 11.5. The smallest absolute Gasteiger partial charge is 0.191 e. The van der Waals surface area contributed by atoms with Crippen LogP contribution in [0.2, 0.25) is 0 Å². The van der Waals surface area contributed by atoms with Crippen molar-refractivity contribution in [3.63, 3.8) is 0 Å². The molecule has 2 N–H and O–H groups in total. The highest BCUT2D eigenvalue weighted by Gasteiger charge is 2.05. The van der Waals surface area contributed by atoms with Gasteiger partial charge in [-0.05, 0) is 40.3 Å². The van der Waals surface area contributed by atoms with Crippen LogP contribution in [-0.2, 0) is 11.3 Å². The van der Waals surface area contributed by atoms with Gasteiger partial charge in [-0.2, -0.15) is 0 Å². The van der Waals surface area contributed by atoms with Crippen molar-refractivity contribution in [2.24, 2.45) is 4.99 Å². The van der Waals surface area contributed by atoms with Crippen molar-refractivity contribution < 1.29 is 9.15 Å². The van der Waals surface area contributed by atoms with Crippen LogP contribution >= 0.6 is 24.0 Å². The molecule has 140 valence electrons. The lowest BCUT2D eigenvalue weighted by atomic mass is 10.2. The van der Waals surface area contributed by atoms with Gasteiger partial charge in [-0.3, -0.25) is 0 Å². The number of methoxy groups -OCH3 is 1. The van der Waals surface area contributed by atoms with E-state index in [0.717, 1.165) is 62.3 Å². The van der Waals surface area contributed by atoms with Gasteiger partial charge < -0.3 is 24.7 Å². The summed E-state index contributed by atoms with van der Waals surface area (Å²) in [5.41, 5.74) is 1.14. The Kier molecular flexibility index (Phi) is 13.0. The highest BCUT2D eigenvalue weighted by molar-refractivity contribution is 14.0. The second-order valence-corrected chi connectivity index (χ2v) is 5.71. The molecule has 1 aromatic rings. The van der Waals surface area contributed by atoms with E-state index in [2.05, 4.69) is 34.5 Å². The molecule has 0 saturated heterocycles. The van der Waals surface area contributed by atoms with Crippen LogP contribution in [0.4, 0.5) is 0 Å². The summed E-state index contributed by atoms with van der Waals surface area (Å²) >= 11 is 0. The molecule has 0 saturated carbocycles. The number of furan rings is 1. The Labute approximate surface area is 163 Å². The van der Waals surface area contributed by atoms with Crippen LogP contribution < -0.4 is 10.6 Å². The van der Waals surface area contributed by atoms with Crippen molar-refractivity contribution in [3.05, 3.63) is 23.2 Å². The summed E-state index contributed by atoms with van der Waals surface area (Å²) < 4.78 is 10.6. The molecule has 24 heavy (non-hydrogen) atoms. The summed E-state index contributed by atoms with van der Waals surface area (Å²) in [6.07, 6.45) is 1.06. The van der Waals surface area contributed by atoms with Gasteiger partial charge in [0.05, 0.1) is 6.54 Å². The maximum Gasteiger partial charge on any atom is 0.191 e. The number of hydrogen-bond donors (Lipinski definition) is 2. The van der Waals surface area contributed by atoms with Crippen molar-refractivity contribution >= 4 is 29.9 Å². The van der Waals surface area contributed by atoms with Gasteiger partial charge in [-0.25, -0.2) is 4.99 Å². The maximum absolute atomic E-state index is 5.54. The third-order valence-corrected chi connectivity index (χ3v) is 3.57. The molecule has 0 atom stereocenters. The number of ether oxygens (including phenoxy) is 1. The number of aryl methyl sites for hydroxylation is 2. The van der Waals surface area contributed by atoms with E-state index in [9.17, 15) is 0 Å². The third kappa shape index (κ3) is 9.48. The Bertz CT molecular complexity index is 477. The van der Waals surface area contributed by atoms with Gasteiger partial charge in [0.25, 0.3) is 0 Å². The second kappa shape index (κ2) is 13.5. The number of rotatable bonds is 10. The minimum Gasteiger partial charge on any atom is -0.466 e. The molecule has 0 fully saturated rings. The van der Waals surface area contributed by atoms with Crippen LogP contribution in [0.25, 0.3) is 0 Å². The van der Waals surface area contributed by atoms with Crippen LogP contribution in [0.3, 0.4) is 0 Å². The quantitative estimate of drug-likeness (QED) is 0.247. The molecule has 1 heterocycles. The summed E-state index contributed by atoms with van der Waals surface area (Å²) in [4.78, 5) is 6.92. The van der Waals surface area contributed by atoms with E-state index in [1.807, 2.05) is 19.9 Å². The van der Waals surface area contributed by atoms with E-state index in [1.54, 1.807) is 7.11 Å². The molecule has 6 nitrogen and oxygen atoms in total. The van der Waals surface area contributed by atoms with Gasteiger partial charge in [0.15, 0.2) is 5.96 Å². The lowest BCUT2D eigenvalue weighted by Gasteiger charge is -2.18. The molecule has 0 bridgehead atoms. The first-order chi connectivity index (χ1) is 11.1. The first-order valence-corrected chi connectivity index (χ1v) is 8.32. The molecule has 7 heteroatoms. The van der Waals surface area contributed by atoms with Gasteiger partial charge in [-0.15, -0.1) is 24.0 Å². The van der Waals surface area contributed by atoms with Crippen molar-refractivity contribution in [2.75, 3.05) is 46.9 Å². The largest absolute Gasteiger partial charge is 0.466 e. The summed E-state index contributed by atoms with van der Waals surface area (Å²) in [5.74, 6) is 2.72. The zero-order chi connectivity index (χ0) is 17.1. The molecule has 0 amide bonds. The number of guanidine groups is 1. The maximum atomic E-state index is 5.54. The van der Waals surface area contributed by atoms with E-state index in [1.165, 1.54) is 0 Å². The summed E-state index contributed by atoms with van der Waals surface area (Å²) in [6, 6.07) is 2.05. The molecular weight excluding hydrogens is 419 g/mol. The minimum atomic E-state index is 0. The van der Waals surface area contributed by atoms with E-state index in [4.69, 9.17) is 9.15 Å². The molecular formula is C17H33IN4O2. The molecule has 0 aliphatic rings. The summed E-state index contributed by atoms with van der Waals surface area (Å²) in [5, 5.41) is 6.65. The van der Waals surface area contributed by atoms with Crippen molar-refractivity contribution in [3.8, 4) is 0 Å². The molecule has 1 rings (SSSR count). The monoisotopic (exact) mass is 452 g/mol. The van der Waals surface area contributed by atoms with Crippen molar-refractivity contribution in [2.45, 2.75) is 33.7 Å². The van der Waals surface area contributed by atoms with E-state index in [0.29, 0.717) is 6.54 Å². The average Bonchev–Trinajstić information content (AvgIpc) is 2.83. The highest BCUT2D eigenvalue weighted by atomic mass is 127. The topological polar surface area (TPSA) is 62.0 Å². The summed E-state index contributed by atoms with van der Waals surface area (Å²) in [7, 11) is 3.86. The zero-order valence-corrected chi connectivity index (χ0v) is 18.0. The fraction of sp³-hybridized carbons (Fsp3) is 0.706. The SMILES string of the molecule is CCNC(=NCc1cc(C)oc1C)NCCN(C)CCCOC.I. The Morgan fingerprint density at radius 2 is 2.04 bits per heavy atom. The molecule has 0 unspecified atom stereocenters. The number of aliphatic imine (C=N–C) groups is 1. The van der Waals surface area contributed by atoms with E-state index >= 15 is 0 Å². The lowest BCUT2D eigenvalue weighted by molar-refractivity contribution is 0.180. The number of nitrogens with zero attached hydrogens (tertiary/aromatic N) is 2. The van der Waals surface area contributed by atoms with Crippen LogP contribution in [0, 0.1) is 13.8 Å². The van der Waals surface area contributed by atoms with Gasteiger partial charge in [0, 0.05) is 45.5 Å². The Hall–Kier alpha value is -0.800. The molecule has 1 aromatic heterocycles. The van der Waals surface area contributed by atoms with Crippen LogP contribution in [0.15, 0.2) is 15.5 Å². The van der Waals surface area contributed by atoms with Gasteiger partial charge >= 0.3 is 0 Å². The van der Waals surface area contributed by atoms with Crippen LogP contribution in [0.1, 0.15) is 30.4 Å². The number of halogens is 1. The zero-order valence-electron chi connectivity index (χ0n) is 15.6. The van der Waals surface area contributed by atoms with Crippen molar-refractivity contribution in [1.29, 1.82) is 0 Å². The van der Waals surface area contributed by atoms with E-state index in [-0.39, 0.29) is 24.0 Å². The van der Waals surface area contributed by atoms with Crippen molar-refractivity contribution in [1.82, 2.24) is 15.5 Å². The third-order valence-electron chi connectivity index (χ3n) is 3.57. The minimum absolute atomic E-state index is 0. The first kappa shape index (κ1) is 23.2. The lowest BCUT2D eigenvalue weighted by Crippen LogP contribution is -2.41. The highest BCUT2D eigenvalue weighted by Crippen LogP contribution is 2.14. The van der Waals surface area contributed by atoms with Crippen LogP contribution in [0.5, 0.6) is 0 Å². The average molecular weight is 452 g/mol. The summed E-state index contributed by atoms with van der Waals surface area (Å²) in [6.45, 7) is 11.2. The molecule has 0 aliphatic heterocycles. The molecule has 0 aromatic carbocycles. The number of likely N-dealkylation sites (N-methyl/N-ethyl adjacent to an activating group) is 1. The fourth-order valence-electron chi connectivity index (χ4n) is 2.30. The molecule has 0 radical (unpaired) electrons. The predicted octanol–water partition coefficient (Wildman–Crippen LogP) is 2.54. The Balaban J connectivity index is 0.00000529. The predicted molar refractivity (Wildman–Crippen MR) is 110 cm³/mol.